The van der Waals surface area contributed by atoms with Gasteiger partial charge in [-0.2, -0.15) is 0 Å². The third-order valence-electron chi connectivity index (χ3n) is 2.80. The molecule has 0 aliphatic heterocycles. The summed E-state index contributed by atoms with van der Waals surface area (Å²) in [7, 11) is -3.97. The van der Waals surface area contributed by atoms with E-state index in [1.54, 1.807) is 19.9 Å². The van der Waals surface area contributed by atoms with Crippen molar-refractivity contribution in [1.82, 2.24) is 4.72 Å². The minimum Gasteiger partial charge on any atom is -0.466 e. The lowest BCUT2D eigenvalue weighted by Gasteiger charge is -2.07. The fraction of sp³-hybridized carbons (Fsp3) is 0.231. The Morgan fingerprint density at radius 2 is 2.05 bits per heavy atom. The number of furan rings is 1. The number of hydrogen-bond acceptors (Lipinski definition) is 3. The summed E-state index contributed by atoms with van der Waals surface area (Å²) in [5.74, 6) is 0.351. The molecule has 0 atom stereocenters. The molecule has 1 aromatic carbocycles. The van der Waals surface area contributed by atoms with Gasteiger partial charge in [-0.15, -0.1) is 0 Å². The second-order valence-electron chi connectivity index (χ2n) is 4.31. The normalized spacial score (nSPS) is 11.8. The molecule has 0 saturated carbocycles. The first kappa shape index (κ1) is 15.0. The van der Waals surface area contributed by atoms with Crippen molar-refractivity contribution in [3.63, 3.8) is 0 Å². The molecule has 0 fully saturated rings. The molecular formula is C13H13ClFNO3S. The van der Waals surface area contributed by atoms with Crippen LogP contribution in [0.5, 0.6) is 0 Å². The highest BCUT2D eigenvalue weighted by atomic mass is 35.5. The van der Waals surface area contributed by atoms with E-state index in [1.807, 2.05) is 0 Å². The maximum Gasteiger partial charge on any atom is 0.243 e. The molecule has 20 heavy (non-hydrogen) atoms. The quantitative estimate of drug-likeness (QED) is 0.942. The van der Waals surface area contributed by atoms with Gasteiger partial charge in [0.2, 0.25) is 10.0 Å². The Kier molecular flexibility index (Phi) is 4.17. The van der Waals surface area contributed by atoms with E-state index in [0.29, 0.717) is 17.1 Å². The average Bonchev–Trinajstić information content (AvgIpc) is 2.69. The lowest BCUT2D eigenvalue weighted by molar-refractivity contribution is 0.500. The molecule has 4 nitrogen and oxygen atoms in total. The van der Waals surface area contributed by atoms with Crippen LogP contribution < -0.4 is 4.72 Å². The molecule has 0 unspecified atom stereocenters. The predicted octanol–water partition coefficient (Wildman–Crippen LogP) is 3.17. The fourth-order valence-electron chi connectivity index (χ4n) is 1.80. The molecular weight excluding hydrogens is 305 g/mol. The molecule has 0 radical (unpaired) electrons. The van der Waals surface area contributed by atoms with Crippen LogP contribution >= 0.6 is 11.6 Å². The Morgan fingerprint density at radius 3 is 2.65 bits per heavy atom. The van der Waals surface area contributed by atoms with Gasteiger partial charge in [-0.3, -0.25) is 0 Å². The summed E-state index contributed by atoms with van der Waals surface area (Å²) in [5, 5.41) is -0.233. The van der Waals surface area contributed by atoms with Crippen molar-refractivity contribution in [3.05, 3.63) is 52.2 Å². The first-order valence-corrected chi connectivity index (χ1v) is 7.67. The van der Waals surface area contributed by atoms with Gasteiger partial charge < -0.3 is 4.42 Å². The molecule has 0 amide bonds. The standard InChI is InChI=1S/C13H13ClFNO3S/c1-8-6-10(9(2)19-8)7-16-20(17,18)12-5-3-4-11(14)13(12)15/h3-6,16H,7H2,1-2H3. The molecule has 0 bridgehead atoms. The minimum absolute atomic E-state index is 0.0253. The fourth-order valence-corrected chi connectivity index (χ4v) is 3.14. The van der Waals surface area contributed by atoms with Crippen molar-refractivity contribution in [1.29, 1.82) is 0 Å². The Balaban J connectivity index is 2.24. The van der Waals surface area contributed by atoms with Crippen LogP contribution in [0.25, 0.3) is 0 Å². The van der Waals surface area contributed by atoms with Crippen LogP contribution in [-0.4, -0.2) is 8.42 Å². The van der Waals surface area contributed by atoms with E-state index in [9.17, 15) is 12.8 Å². The van der Waals surface area contributed by atoms with E-state index in [2.05, 4.69) is 4.72 Å². The van der Waals surface area contributed by atoms with Gasteiger partial charge in [-0.05, 0) is 32.0 Å². The monoisotopic (exact) mass is 317 g/mol. The van der Waals surface area contributed by atoms with Crippen LogP contribution in [0.3, 0.4) is 0 Å². The second kappa shape index (κ2) is 5.55. The zero-order valence-electron chi connectivity index (χ0n) is 10.9. The zero-order chi connectivity index (χ0) is 14.9. The Labute approximate surface area is 121 Å². The average molecular weight is 318 g/mol. The highest BCUT2D eigenvalue weighted by Crippen LogP contribution is 2.22. The minimum atomic E-state index is -3.97. The number of rotatable bonds is 4. The summed E-state index contributed by atoms with van der Waals surface area (Å²) in [4.78, 5) is -0.470. The van der Waals surface area contributed by atoms with Crippen molar-refractivity contribution in [2.45, 2.75) is 25.3 Å². The number of benzene rings is 1. The van der Waals surface area contributed by atoms with Crippen LogP contribution in [0, 0.1) is 19.7 Å². The van der Waals surface area contributed by atoms with E-state index in [-0.39, 0.29) is 11.6 Å². The van der Waals surface area contributed by atoms with Crippen molar-refractivity contribution < 1.29 is 17.2 Å². The van der Waals surface area contributed by atoms with Crippen molar-refractivity contribution >= 4 is 21.6 Å². The van der Waals surface area contributed by atoms with E-state index < -0.39 is 20.7 Å². The van der Waals surface area contributed by atoms with Crippen LogP contribution in [0.2, 0.25) is 5.02 Å². The lowest BCUT2D eigenvalue weighted by atomic mass is 10.2. The van der Waals surface area contributed by atoms with Crippen LogP contribution in [-0.2, 0) is 16.6 Å². The van der Waals surface area contributed by atoms with Crippen LogP contribution in [0.4, 0.5) is 4.39 Å². The van der Waals surface area contributed by atoms with E-state index in [1.165, 1.54) is 12.1 Å². The molecule has 2 aromatic rings. The Bertz CT molecular complexity index is 740. The first-order chi connectivity index (χ1) is 9.31. The number of hydrogen-bond donors (Lipinski definition) is 1. The second-order valence-corrected chi connectivity index (χ2v) is 6.46. The van der Waals surface area contributed by atoms with Gasteiger partial charge in [0.15, 0.2) is 5.82 Å². The van der Waals surface area contributed by atoms with Gasteiger partial charge in [-0.1, -0.05) is 17.7 Å². The van der Waals surface area contributed by atoms with E-state index in [0.717, 1.165) is 6.07 Å². The maximum atomic E-state index is 13.7. The van der Waals surface area contributed by atoms with Gasteiger partial charge >= 0.3 is 0 Å². The number of aryl methyl sites for hydroxylation is 2. The smallest absolute Gasteiger partial charge is 0.243 e. The van der Waals surface area contributed by atoms with Gasteiger partial charge in [0.05, 0.1) is 5.02 Å². The van der Waals surface area contributed by atoms with Gasteiger partial charge in [0.25, 0.3) is 0 Å². The third-order valence-corrected chi connectivity index (χ3v) is 4.51. The zero-order valence-corrected chi connectivity index (χ0v) is 12.5. The summed E-state index contributed by atoms with van der Waals surface area (Å²) < 4.78 is 45.5. The molecule has 2 rings (SSSR count). The molecule has 0 aliphatic carbocycles. The predicted molar refractivity (Wildman–Crippen MR) is 73.6 cm³/mol. The number of halogens is 2. The van der Waals surface area contributed by atoms with Gasteiger partial charge in [-0.25, -0.2) is 17.5 Å². The molecule has 0 aliphatic rings. The molecule has 0 spiro atoms. The summed E-state index contributed by atoms with van der Waals surface area (Å²) in [6.07, 6.45) is 0. The molecule has 1 heterocycles. The van der Waals surface area contributed by atoms with Gasteiger partial charge in [0, 0.05) is 12.1 Å². The number of nitrogens with one attached hydrogen (secondary N) is 1. The summed E-state index contributed by atoms with van der Waals surface area (Å²) in [6.45, 7) is 3.52. The maximum absolute atomic E-state index is 13.7. The van der Waals surface area contributed by atoms with Crippen LogP contribution in [0.1, 0.15) is 17.1 Å². The molecule has 1 aromatic heterocycles. The van der Waals surface area contributed by atoms with E-state index in [4.69, 9.17) is 16.0 Å². The molecule has 0 saturated heterocycles. The van der Waals surface area contributed by atoms with Crippen molar-refractivity contribution in [2.75, 3.05) is 0 Å². The van der Waals surface area contributed by atoms with Crippen molar-refractivity contribution in [3.8, 4) is 0 Å². The first-order valence-electron chi connectivity index (χ1n) is 5.81. The van der Waals surface area contributed by atoms with E-state index >= 15 is 0 Å². The summed E-state index contributed by atoms with van der Waals surface area (Å²) in [6, 6.07) is 5.57. The SMILES string of the molecule is Cc1cc(CNS(=O)(=O)c2cccc(Cl)c2F)c(C)o1. The summed E-state index contributed by atoms with van der Waals surface area (Å²) in [5.41, 5.74) is 0.702. The van der Waals surface area contributed by atoms with Crippen molar-refractivity contribution in [2.24, 2.45) is 0 Å². The third kappa shape index (κ3) is 3.03. The molecule has 1 N–H and O–H groups in total. The summed E-state index contributed by atoms with van der Waals surface area (Å²) >= 11 is 5.58. The Morgan fingerprint density at radius 1 is 1.35 bits per heavy atom. The van der Waals surface area contributed by atoms with Crippen LogP contribution in [0.15, 0.2) is 33.6 Å². The lowest BCUT2D eigenvalue weighted by Crippen LogP contribution is -2.24. The highest BCUT2D eigenvalue weighted by Gasteiger charge is 2.21. The largest absolute Gasteiger partial charge is 0.466 e. The molecule has 108 valence electrons. The Hall–Kier alpha value is -1.37. The number of sulfonamides is 1. The topological polar surface area (TPSA) is 59.3 Å². The highest BCUT2D eigenvalue weighted by molar-refractivity contribution is 7.89. The van der Waals surface area contributed by atoms with Gasteiger partial charge in [0.1, 0.15) is 16.4 Å². The molecule has 7 heteroatoms.